The minimum absolute atomic E-state index is 0.0225. The summed E-state index contributed by atoms with van der Waals surface area (Å²) < 4.78 is 48.5. The van der Waals surface area contributed by atoms with Gasteiger partial charge in [0.15, 0.2) is 0 Å². The molecule has 12 heteroatoms. The summed E-state index contributed by atoms with van der Waals surface area (Å²) >= 11 is 6.06. The number of anilines is 1. The van der Waals surface area contributed by atoms with E-state index >= 15 is 4.39 Å². The average Bonchev–Trinajstić information content (AvgIpc) is 3.80. The highest BCUT2D eigenvalue weighted by Crippen LogP contribution is 2.36. The minimum Gasteiger partial charge on any atom is -0.452 e. The molecule has 2 aliphatic rings. The summed E-state index contributed by atoms with van der Waals surface area (Å²) in [7, 11) is -2.34. The number of carbonyl (C=O) groups excluding carboxylic acids is 2. The summed E-state index contributed by atoms with van der Waals surface area (Å²) in [6, 6.07) is 9.32. The summed E-state index contributed by atoms with van der Waals surface area (Å²) in [4.78, 5) is 27.9. The fourth-order valence-corrected chi connectivity index (χ4v) is 8.31. The zero-order valence-electron chi connectivity index (χ0n) is 24.4. The highest BCUT2D eigenvalue weighted by molar-refractivity contribution is 7.90. The maximum atomic E-state index is 15.5. The van der Waals surface area contributed by atoms with Crippen molar-refractivity contribution in [1.29, 1.82) is 0 Å². The standard InChI is InChI=1S/C30H40ClFN4O5S/c1-18(2)27(20-8-10-21(31)11-9-20)28(33)29(37)35(30(38)41-4)26-7-5-6-25(32)24(26)15-12-22-17-34-16-19(3)36(22)42(39,40)23-13-14-23/h5-11,18-19,22-23,27-28,34H,12-17,33H2,1-4H3/t19-,22-,27+,28-/m0/s1. The van der Waals surface area contributed by atoms with Crippen LogP contribution < -0.4 is 16.0 Å². The van der Waals surface area contributed by atoms with Crippen LogP contribution in [0.1, 0.15) is 57.1 Å². The molecule has 4 rings (SSSR count). The maximum Gasteiger partial charge on any atom is 0.420 e. The van der Waals surface area contributed by atoms with E-state index in [2.05, 4.69) is 5.32 Å². The third-order valence-electron chi connectivity index (χ3n) is 8.14. The van der Waals surface area contributed by atoms with Gasteiger partial charge < -0.3 is 15.8 Å². The summed E-state index contributed by atoms with van der Waals surface area (Å²) in [6.07, 6.45) is 0.664. The molecule has 2 amide bonds. The fraction of sp³-hybridized carbons (Fsp3) is 0.533. The Balaban J connectivity index is 1.66. The van der Waals surface area contributed by atoms with Crippen molar-refractivity contribution in [3.8, 4) is 0 Å². The predicted molar refractivity (Wildman–Crippen MR) is 162 cm³/mol. The van der Waals surface area contributed by atoms with Gasteiger partial charge in [0.1, 0.15) is 5.82 Å². The summed E-state index contributed by atoms with van der Waals surface area (Å²) in [5.41, 5.74) is 7.46. The Morgan fingerprint density at radius 1 is 1.17 bits per heavy atom. The molecule has 9 nitrogen and oxygen atoms in total. The first-order valence-corrected chi connectivity index (χ1v) is 16.2. The molecule has 0 spiro atoms. The van der Waals surface area contributed by atoms with E-state index in [0.29, 0.717) is 31.0 Å². The zero-order valence-corrected chi connectivity index (χ0v) is 26.0. The number of methoxy groups -OCH3 is 1. The second-order valence-electron chi connectivity index (χ2n) is 11.5. The van der Waals surface area contributed by atoms with Gasteiger partial charge in [0.25, 0.3) is 5.91 Å². The van der Waals surface area contributed by atoms with Crippen LogP contribution >= 0.6 is 11.6 Å². The number of benzene rings is 2. The topological polar surface area (TPSA) is 122 Å². The molecule has 0 aromatic heterocycles. The highest BCUT2D eigenvalue weighted by Gasteiger charge is 2.46. The van der Waals surface area contributed by atoms with E-state index in [4.69, 9.17) is 22.1 Å². The zero-order chi connectivity index (χ0) is 30.8. The van der Waals surface area contributed by atoms with Crippen LogP contribution in [-0.4, -0.2) is 68.3 Å². The molecule has 2 aromatic rings. The minimum atomic E-state index is -3.48. The number of ether oxygens (including phenoxy) is 1. The van der Waals surface area contributed by atoms with Crippen LogP contribution in [0.4, 0.5) is 14.9 Å². The molecule has 0 bridgehead atoms. The summed E-state index contributed by atoms with van der Waals surface area (Å²) in [5.74, 6) is -1.92. The Morgan fingerprint density at radius 2 is 1.83 bits per heavy atom. The predicted octanol–water partition coefficient (Wildman–Crippen LogP) is 4.43. The Bertz CT molecular complexity index is 1390. The van der Waals surface area contributed by atoms with E-state index in [1.54, 1.807) is 28.6 Å². The maximum absolute atomic E-state index is 15.5. The number of nitrogens with two attached hydrogens (primary N) is 1. The SMILES string of the molecule is COC(=O)N(C(=O)[C@@H](N)[C@@H](c1ccc(Cl)cc1)C(C)C)c1cccc(F)c1CC[C@H]1CNC[C@H](C)N1S(=O)(=O)C1CC1. The van der Waals surface area contributed by atoms with Gasteiger partial charge in [0.05, 0.1) is 24.1 Å². The summed E-state index contributed by atoms with van der Waals surface area (Å²) in [6.45, 7) is 6.65. The van der Waals surface area contributed by atoms with Crippen molar-refractivity contribution in [2.45, 2.75) is 75.7 Å². The average molecular weight is 623 g/mol. The normalized spacial score (nSPS) is 21.1. The lowest BCUT2D eigenvalue weighted by Crippen LogP contribution is -2.59. The van der Waals surface area contributed by atoms with Crippen molar-refractivity contribution in [2.75, 3.05) is 25.1 Å². The van der Waals surface area contributed by atoms with E-state index in [-0.39, 0.29) is 41.3 Å². The lowest BCUT2D eigenvalue weighted by molar-refractivity contribution is -0.120. The molecule has 1 aliphatic heterocycles. The van der Waals surface area contributed by atoms with Crippen molar-refractivity contribution in [3.05, 3.63) is 64.4 Å². The number of carbonyl (C=O) groups is 2. The molecule has 230 valence electrons. The Morgan fingerprint density at radius 3 is 2.43 bits per heavy atom. The number of nitrogens with zero attached hydrogens (tertiary/aromatic N) is 2. The van der Waals surface area contributed by atoms with Gasteiger partial charge in [0, 0.05) is 41.7 Å². The molecule has 2 fully saturated rings. The molecule has 0 radical (unpaired) electrons. The molecule has 1 saturated carbocycles. The molecular formula is C30H40ClFN4O5S. The second-order valence-corrected chi connectivity index (χ2v) is 14.1. The van der Waals surface area contributed by atoms with Crippen molar-refractivity contribution in [1.82, 2.24) is 9.62 Å². The van der Waals surface area contributed by atoms with Crippen molar-refractivity contribution in [2.24, 2.45) is 11.7 Å². The van der Waals surface area contributed by atoms with Gasteiger partial charge in [-0.25, -0.2) is 22.5 Å². The third-order valence-corrected chi connectivity index (χ3v) is 11.0. The van der Waals surface area contributed by atoms with E-state index in [9.17, 15) is 18.0 Å². The van der Waals surface area contributed by atoms with Crippen molar-refractivity contribution in [3.63, 3.8) is 0 Å². The number of sulfonamides is 1. The lowest BCUT2D eigenvalue weighted by Gasteiger charge is -2.40. The third kappa shape index (κ3) is 6.81. The number of hydrogen-bond acceptors (Lipinski definition) is 7. The fourth-order valence-electron chi connectivity index (χ4n) is 5.93. The Kier molecular flexibility index (Phi) is 10.3. The first-order chi connectivity index (χ1) is 19.9. The number of piperazine rings is 1. The molecule has 3 N–H and O–H groups in total. The molecule has 2 aromatic carbocycles. The van der Waals surface area contributed by atoms with E-state index < -0.39 is 45.8 Å². The summed E-state index contributed by atoms with van der Waals surface area (Å²) in [5, 5.41) is 3.44. The van der Waals surface area contributed by atoms with Gasteiger partial charge in [0.2, 0.25) is 10.0 Å². The number of rotatable bonds is 10. The largest absolute Gasteiger partial charge is 0.452 e. The Labute approximate surface area is 252 Å². The number of nitrogens with one attached hydrogen (secondary N) is 1. The van der Waals surface area contributed by atoms with Crippen LogP contribution in [0.15, 0.2) is 42.5 Å². The molecule has 1 aliphatic carbocycles. The lowest BCUT2D eigenvalue weighted by atomic mass is 9.82. The smallest absolute Gasteiger partial charge is 0.420 e. The van der Waals surface area contributed by atoms with Gasteiger partial charge in [-0.2, -0.15) is 4.31 Å². The van der Waals surface area contributed by atoms with Crippen molar-refractivity contribution < 1.29 is 27.1 Å². The molecule has 0 unspecified atom stereocenters. The molecule has 42 heavy (non-hydrogen) atoms. The monoisotopic (exact) mass is 622 g/mol. The molecule has 1 saturated heterocycles. The molecule has 1 heterocycles. The first-order valence-electron chi connectivity index (χ1n) is 14.3. The number of halogens is 2. The van der Waals surface area contributed by atoms with Gasteiger partial charge in [-0.3, -0.25) is 4.79 Å². The van der Waals surface area contributed by atoms with Crippen LogP contribution in [0.3, 0.4) is 0 Å². The molecule has 4 atom stereocenters. The van der Waals surface area contributed by atoms with Gasteiger partial charge in [-0.05, 0) is 68.4 Å². The van der Waals surface area contributed by atoms with Crippen LogP contribution in [-0.2, 0) is 26.0 Å². The number of amides is 2. The molecular weight excluding hydrogens is 583 g/mol. The quantitative estimate of drug-likeness (QED) is 0.402. The van der Waals surface area contributed by atoms with Crippen LogP contribution in [0.2, 0.25) is 5.02 Å². The van der Waals surface area contributed by atoms with Crippen LogP contribution in [0.5, 0.6) is 0 Å². The van der Waals surface area contributed by atoms with E-state index in [0.717, 1.165) is 17.6 Å². The first kappa shape index (κ1) is 32.3. The second kappa shape index (κ2) is 13.4. The van der Waals surface area contributed by atoms with E-state index in [1.807, 2.05) is 20.8 Å². The Hall–Kier alpha value is -2.57. The number of hydrogen-bond donors (Lipinski definition) is 2. The van der Waals surface area contributed by atoms with Crippen LogP contribution in [0.25, 0.3) is 0 Å². The number of imide groups is 1. The van der Waals surface area contributed by atoms with Crippen LogP contribution in [0, 0.1) is 11.7 Å². The van der Waals surface area contributed by atoms with Crippen molar-refractivity contribution >= 4 is 39.3 Å². The van der Waals surface area contributed by atoms with E-state index in [1.165, 1.54) is 18.2 Å². The highest BCUT2D eigenvalue weighted by atomic mass is 35.5. The van der Waals surface area contributed by atoms with Gasteiger partial charge in [-0.15, -0.1) is 0 Å². The van der Waals surface area contributed by atoms with Gasteiger partial charge >= 0.3 is 6.09 Å². The van der Waals surface area contributed by atoms with Gasteiger partial charge in [-0.1, -0.05) is 43.6 Å².